The Hall–Kier alpha value is -2.48. The highest BCUT2D eigenvalue weighted by Crippen LogP contribution is 2.23. The van der Waals surface area contributed by atoms with E-state index in [9.17, 15) is 13.6 Å². The van der Waals surface area contributed by atoms with Gasteiger partial charge in [-0.1, -0.05) is 20.8 Å². The van der Waals surface area contributed by atoms with Gasteiger partial charge in [-0.3, -0.25) is 9.80 Å². The van der Waals surface area contributed by atoms with Gasteiger partial charge in [0.05, 0.1) is 11.4 Å². The van der Waals surface area contributed by atoms with Crippen LogP contribution in [0.1, 0.15) is 50.2 Å². The minimum atomic E-state index is -1.09. The first-order chi connectivity index (χ1) is 11.0. The smallest absolute Gasteiger partial charge is 0.179 e. The number of aromatic nitrogens is 1. The summed E-state index contributed by atoms with van der Waals surface area (Å²) < 4.78 is 27.3. The first-order valence-corrected chi connectivity index (χ1v) is 7.17. The number of aldehydes is 1. The SMILES string of the molecule is C/C=C(F)\C(F)=C(/CC)N(N)/C(=N\N)c1c[nH]c(C=O)c1.CC. The standard InChI is InChI=1S/C13H17F2N5O.C2H6/c1-3-10(14)12(15)11(4-2)20(17)13(19-16)8-5-9(7-21)18-6-8;1-2/h3,5-7,18H,4,16-17H2,1-2H3;1-2H3/b10-3+,12-11-,19-13-;. The summed E-state index contributed by atoms with van der Waals surface area (Å²) in [6.45, 7) is 6.98. The molecule has 0 saturated carbocycles. The van der Waals surface area contributed by atoms with E-state index < -0.39 is 11.7 Å². The first kappa shape index (κ1) is 20.5. The summed E-state index contributed by atoms with van der Waals surface area (Å²) in [4.78, 5) is 13.3. The molecule has 1 aromatic heterocycles. The zero-order valence-corrected chi connectivity index (χ0v) is 13.7. The molecule has 1 heterocycles. The van der Waals surface area contributed by atoms with Crippen LogP contribution in [0.15, 0.2) is 40.8 Å². The molecule has 6 nitrogen and oxygen atoms in total. The van der Waals surface area contributed by atoms with Crippen molar-refractivity contribution in [1.82, 2.24) is 9.99 Å². The van der Waals surface area contributed by atoms with Crippen LogP contribution in [-0.4, -0.2) is 22.1 Å². The average molecular weight is 327 g/mol. The van der Waals surface area contributed by atoms with E-state index in [1.807, 2.05) is 13.8 Å². The quantitative estimate of drug-likeness (QED) is 0.193. The Kier molecular flexibility index (Phi) is 9.17. The summed E-state index contributed by atoms with van der Waals surface area (Å²) in [5.74, 6) is 8.94. The number of H-pyrrole nitrogens is 1. The molecule has 0 aliphatic heterocycles. The van der Waals surface area contributed by atoms with Gasteiger partial charge in [-0.05, 0) is 25.5 Å². The van der Waals surface area contributed by atoms with E-state index >= 15 is 0 Å². The molecular formula is C15H23F2N5O. The zero-order chi connectivity index (χ0) is 18.0. The molecule has 0 fully saturated rings. The number of rotatable bonds is 5. The molecule has 0 radical (unpaired) electrons. The minimum Gasteiger partial charge on any atom is -0.358 e. The molecular weight excluding hydrogens is 304 g/mol. The molecule has 128 valence electrons. The number of amidine groups is 1. The molecule has 0 aromatic carbocycles. The third-order valence-electron chi connectivity index (χ3n) is 2.78. The summed E-state index contributed by atoms with van der Waals surface area (Å²) in [6.07, 6.45) is 3.13. The molecule has 0 spiro atoms. The summed E-state index contributed by atoms with van der Waals surface area (Å²) >= 11 is 0. The van der Waals surface area contributed by atoms with Gasteiger partial charge in [0, 0.05) is 11.8 Å². The lowest BCUT2D eigenvalue weighted by atomic mass is 10.2. The van der Waals surface area contributed by atoms with Crippen LogP contribution >= 0.6 is 0 Å². The van der Waals surface area contributed by atoms with Gasteiger partial charge in [0.1, 0.15) is 0 Å². The molecule has 23 heavy (non-hydrogen) atoms. The van der Waals surface area contributed by atoms with Crippen LogP contribution < -0.4 is 11.7 Å². The van der Waals surface area contributed by atoms with Gasteiger partial charge >= 0.3 is 0 Å². The second-order valence-corrected chi connectivity index (χ2v) is 4.04. The Bertz CT molecular complexity index is 605. The molecule has 0 bridgehead atoms. The monoisotopic (exact) mass is 327 g/mol. The molecule has 0 atom stereocenters. The van der Waals surface area contributed by atoms with Crippen LogP contribution in [-0.2, 0) is 0 Å². The highest BCUT2D eigenvalue weighted by molar-refractivity contribution is 6.00. The van der Waals surface area contributed by atoms with E-state index in [1.165, 1.54) is 19.2 Å². The van der Waals surface area contributed by atoms with Crippen molar-refractivity contribution < 1.29 is 13.6 Å². The second kappa shape index (κ2) is 10.3. The number of hydrazone groups is 1. The Morgan fingerprint density at radius 3 is 2.43 bits per heavy atom. The number of nitrogens with two attached hydrogens (primary N) is 2. The van der Waals surface area contributed by atoms with Crippen LogP contribution in [0.3, 0.4) is 0 Å². The third kappa shape index (κ3) is 5.03. The third-order valence-corrected chi connectivity index (χ3v) is 2.78. The van der Waals surface area contributed by atoms with Gasteiger partial charge in [-0.15, -0.1) is 0 Å². The van der Waals surface area contributed by atoms with E-state index in [-0.39, 0.29) is 23.6 Å². The van der Waals surface area contributed by atoms with Gasteiger partial charge in [-0.2, -0.15) is 5.10 Å². The van der Waals surface area contributed by atoms with Crippen molar-refractivity contribution in [3.63, 3.8) is 0 Å². The molecule has 1 rings (SSSR count). The maximum Gasteiger partial charge on any atom is 0.179 e. The second-order valence-electron chi connectivity index (χ2n) is 4.04. The summed E-state index contributed by atoms with van der Waals surface area (Å²) in [6, 6.07) is 1.44. The minimum absolute atomic E-state index is 0.00440. The number of hydrazine groups is 1. The summed E-state index contributed by atoms with van der Waals surface area (Å²) in [5.41, 5.74) is 0.534. The van der Waals surface area contributed by atoms with Crippen molar-refractivity contribution >= 4 is 12.1 Å². The van der Waals surface area contributed by atoms with Crippen LogP contribution in [0.5, 0.6) is 0 Å². The highest BCUT2D eigenvalue weighted by atomic mass is 19.2. The van der Waals surface area contributed by atoms with Crippen LogP contribution in [0.2, 0.25) is 0 Å². The van der Waals surface area contributed by atoms with Crippen molar-refractivity contribution in [3.05, 3.63) is 46.9 Å². The van der Waals surface area contributed by atoms with E-state index in [1.54, 1.807) is 6.92 Å². The molecule has 0 aliphatic carbocycles. The van der Waals surface area contributed by atoms with E-state index in [0.717, 1.165) is 11.1 Å². The van der Waals surface area contributed by atoms with Crippen molar-refractivity contribution in [2.75, 3.05) is 0 Å². The maximum atomic E-state index is 14.0. The van der Waals surface area contributed by atoms with Gasteiger partial charge < -0.3 is 10.8 Å². The highest BCUT2D eigenvalue weighted by Gasteiger charge is 2.20. The number of nitrogens with one attached hydrogen (secondary N) is 1. The first-order valence-electron chi connectivity index (χ1n) is 7.17. The zero-order valence-electron chi connectivity index (χ0n) is 13.7. The molecule has 0 aliphatic rings. The van der Waals surface area contributed by atoms with Crippen molar-refractivity contribution in [1.29, 1.82) is 0 Å². The Balaban J connectivity index is 0.00000232. The van der Waals surface area contributed by atoms with Crippen LogP contribution in [0.4, 0.5) is 8.78 Å². The fraction of sp³-hybridized carbons (Fsp3) is 0.333. The number of carbonyl (C=O) groups is 1. The number of nitrogens with zero attached hydrogens (tertiary/aromatic N) is 2. The van der Waals surface area contributed by atoms with Gasteiger partial charge in [0.15, 0.2) is 23.8 Å². The van der Waals surface area contributed by atoms with Crippen molar-refractivity contribution in [2.24, 2.45) is 16.8 Å². The van der Waals surface area contributed by atoms with Crippen LogP contribution in [0.25, 0.3) is 0 Å². The number of hydrogen-bond donors (Lipinski definition) is 3. The van der Waals surface area contributed by atoms with E-state index in [2.05, 4.69) is 10.1 Å². The lowest BCUT2D eigenvalue weighted by Crippen LogP contribution is -2.38. The Morgan fingerprint density at radius 1 is 1.43 bits per heavy atom. The molecule has 0 saturated heterocycles. The predicted molar refractivity (Wildman–Crippen MR) is 87.6 cm³/mol. The molecule has 8 heteroatoms. The largest absolute Gasteiger partial charge is 0.358 e. The lowest BCUT2D eigenvalue weighted by Gasteiger charge is -2.22. The summed E-state index contributed by atoms with van der Waals surface area (Å²) in [7, 11) is 0. The Morgan fingerprint density at radius 2 is 2.04 bits per heavy atom. The van der Waals surface area contributed by atoms with Gasteiger partial charge in [0.25, 0.3) is 0 Å². The maximum absolute atomic E-state index is 14.0. The molecule has 0 unspecified atom stereocenters. The molecule has 0 amide bonds. The van der Waals surface area contributed by atoms with Crippen molar-refractivity contribution in [3.8, 4) is 0 Å². The van der Waals surface area contributed by atoms with Crippen molar-refractivity contribution in [2.45, 2.75) is 34.1 Å². The predicted octanol–water partition coefficient (Wildman–Crippen LogP) is 3.11. The van der Waals surface area contributed by atoms with Gasteiger partial charge in [0.2, 0.25) is 0 Å². The number of allylic oxidation sites excluding steroid dienone is 4. The topological polar surface area (TPSA) is 100 Å². The fourth-order valence-corrected chi connectivity index (χ4v) is 1.71. The number of halogens is 2. The number of carbonyl (C=O) groups excluding carboxylic acids is 1. The normalized spacial score (nSPS) is 13.0. The lowest BCUT2D eigenvalue weighted by molar-refractivity contribution is 0.111. The van der Waals surface area contributed by atoms with E-state index in [0.29, 0.717) is 11.8 Å². The number of aromatic amines is 1. The number of hydrogen-bond acceptors (Lipinski definition) is 4. The van der Waals surface area contributed by atoms with E-state index in [4.69, 9.17) is 11.7 Å². The molecule has 1 aromatic rings. The average Bonchev–Trinajstić information content (AvgIpc) is 3.06. The molecule has 5 N–H and O–H groups in total. The summed E-state index contributed by atoms with van der Waals surface area (Å²) in [5, 5.41) is 4.34. The Labute approximate surface area is 134 Å². The van der Waals surface area contributed by atoms with Gasteiger partial charge in [-0.25, -0.2) is 14.6 Å². The fourth-order valence-electron chi connectivity index (χ4n) is 1.71. The van der Waals surface area contributed by atoms with Crippen LogP contribution in [0, 0.1) is 0 Å².